The van der Waals surface area contributed by atoms with Crippen molar-refractivity contribution in [2.24, 2.45) is 0 Å². The molecule has 1 saturated heterocycles. The van der Waals surface area contributed by atoms with Crippen LogP contribution in [0.1, 0.15) is 10.6 Å². The van der Waals surface area contributed by atoms with Gasteiger partial charge in [0.25, 0.3) is 0 Å². The second-order valence-corrected chi connectivity index (χ2v) is 7.61. The highest BCUT2D eigenvalue weighted by atomic mass is 32.1. The van der Waals surface area contributed by atoms with E-state index in [-0.39, 0.29) is 0 Å². The van der Waals surface area contributed by atoms with Crippen molar-refractivity contribution in [2.75, 3.05) is 38.2 Å². The van der Waals surface area contributed by atoms with E-state index in [1.165, 1.54) is 0 Å². The molecule has 7 nitrogen and oxygen atoms in total. The van der Waals surface area contributed by atoms with Gasteiger partial charge in [-0.15, -0.1) is 10.2 Å². The van der Waals surface area contributed by atoms with Crippen molar-refractivity contribution < 1.29 is 17.9 Å². The van der Waals surface area contributed by atoms with Crippen molar-refractivity contribution in [1.29, 1.82) is 0 Å². The molecule has 0 radical (unpaired) electrons. The van der Waals surface area contributed by atoms with Gasteiger partial charge >= 0.3 is 6.18 Å². The van der Waals surface area contributed by atoms with Crippen molar-refractivity contribution >= 4 is 16.5 Å². The van der Waals surface area contributed by atoms with Crippen molar-refractivity contribution in [3.8, 4) is 17.0 Å². The summed E-state index contributed by atoms with van der Waals surface area (Å²) in [6, 6.07) is 7.74. The van der Waals surface area contributed by atoms with Crippen LogP contribution in [0.3, 0.4) is 0 Å². The lowest BCUT2D eigenvalue weighted by molar-refractivity contribution is -0.138. The lowest BCUT2D eigenvalue weighted by atomic mass is 10.1. The fraction of sp³-hybridized carbons (Fsp3) is 0.389. The van der Waals surface area contributed by atoms with Crippen LogP contribution in [0.5, 0.6) is 5.75 Å². The van der Waals surface area contributed by atoms with E-state index in [2.05, 4.69) is 25.3 Å². The van der Waals surface area contributed by atoms with Gasteiger partial charge < -0.3 is 9.64 Å². The third kappa shape index (κ3) is 4.35. The molecule has 1 aromatic carbocycles. The van der Waals surface area contributed by atoms with Gasteiger partial charge in [0.1, 0.15) is 5.75 Å². The van der Waals surface area contributed by atoms with Gasteiger partial charge in [-0.25, -0.2) is 0 Å². The lowest BCUT2D eigenvalue weighted by Crippen LogP contribution is -2.46. The van der Waals surface area contributed by atoms with E-state index in [1.807, 2.05) is 35.4 Å². The van der Waals surface area contributed by atoms with Crippen LogP contribution in [0.2, 0.25) is 0 Å². The van der Waals surface area contributed by atoms with Crippen LogP contribution in [0.4, 0.5) is 18.3 Å². The number of aromatic amines is 1. The number of halogens is 3. The first-order valence-corrected chi connectivity index (χ1v) is 9.80. The Morgan fingerprint density at radius 3 is 2.45 bits per heavy atom. The van der Waals surface area contributed by atoms with Crippen LogP contribution in [-0.4, -0.2) is 58.6 Å². The van der Waals surface area contributed by atoms with Gasteiger partial charge in [0.05, 0.1) is 19.0 Å². The number of anilines is 1. The number of rotatable bonds is 5. The highest BCUT2D eigenvalue weighted by molar-refractivity contribution is 7.15. The topological polar surface area (TPSA) is 70.2 Å². The van der Waals surface area contributed by atoms with Crippen molar-refractivity contribution in [1.82, 2.24) is 25.3 Å². The molecular weight excluding hydrogens is 405 g/mol. The Morgan fingerprint density at radius 2 is 1.83 bits per heavy atom. The molecule has 1 fully saturated rings. The maximum Gasteiger partial charge on any atom is 0.445 e. The molecule has 29 heavy (non-hydrogen) atoms. The number of methoxy groups -OCH3 is 1. The number of benzene rings is 1. The van der Waals surface area contributed by atoms with E-state index in [0.717, 1.165) is 22.6 Å². The number of alkyl halides is 3. The molecule has 154 valence electrons. The van der Waals surface area contributed by atoms with Crippen LogP contribution in [0, 0.1) is 0 Å². The number of hydrogen-bond acceptors (Lipinski definition) is 7. The molecule has 2 aromatic heterocycles. The molecule has 0 atom stereocenters. The molecule has 0 bridgehead atoms. The number of piperazine rings is 1. The summed E-state index contributed by atoms with van der Waals surface area (Å²) in [5, 5.41) is 13.6. The number of ether oxygens (including phenoxy) is 1. The minimum absolute atomic E-state index is 0.319. The smallest absolute Gasteiger partial charge is 0.445 e. The molecule has 3 aromatic rings. The first-order valence-electron chi connectivity index (χ1n) is 8.98. The fourth-order valence-corrected chi connectivity index (χ4v) is 4.00. The molecule has 0 amide bonds. The third-order valence-corrected chi connectivity index (χ3v) is 5.82. The van der Waals surface area contributed by atoms with E-state index in [4.69, 9.17) is 4.74 Å². The highest BCUT2D eigenvalue weighted by Crippen LogP contribution is 2.34. The largest absolute Gasteiger partial charge is 0.497 e. The first-order chi connectivity index (χ1) is 13.9. The summed E-state index contributed by atoms with van der Waals surface area (Å²) in [6.45, 7) is 3.34. The summed E-state index contributed by atoms with van der Waals surface area (Å²) in [5.41, 5.74) is 3.04. The van der Waals surface area contributed by atoms with Crippen LogP contribution in [0.25, 0.3) is 11.3 Å². The second kappa shape index (κ2) is 7.99. The van der Waals surface area contributed by atoms with Gasteiger partial charge in [-0.1, -0.05) is 11.3 Å². The van der Waals surface area contributed by atoms with Crippen LogP contribution in [0.15, 0.2) is 30.5 Å². The molecular formula is C18H19F3N6OS. The summed E-state index contributed by atoms with van der Waals surface area (Å²) in [4.78, 5) is 4.10. The monoisotopic (exact) mass is 424 g/mol. The number of H-pyrrole nitrogens is 1. The molecule has 1 N–H and O–H groups in total. The summed E-state index contributed by atoms with van der Waals surface area (Å²) in [5.74, 6) is 0.788. The minimum atomic E-state index is -4.45. The van der Waals surface area contributed by atoms with E-state index in [9.17, 15) is 13.2 Å². The number of nitrogens with zero attached hydrogens (tertiary/aromatic N) is 5. The van der Waals surface area contributed by atoms with Gasteiger partial charge in [-0.2, -0.15) is 18.3 Å². The zero-order valence-electron chi connectivity index (χ0n) is 15.6. The van der Waals surface area contributed by atoms with Gasteiger partial charge in [0, 0.05) is 43.9 Å². The van der Waals surface area contributed by atoms with Gasteiger partial charge in [0.15, 0.2) is 0 Å². The van der Waals surface area contributed by atoms with E-state index >= 15 is 0 Å². The quantitative estimate of drug-likeness (QED) is 0.678. The maximum absolute atomic E-state index is 12.7. The predicted octanol–water partition coefficient (Wildman–Crippen LogP) is 3.28. The Morgan fingerprint density at radius 1 is 1.10 bits per heavy atom. The molecule has 1 aliphatic rings. The zero-order valence-corrected chi connectivity index (χ0v) is 16.4. The average molecular weight is 424 g/mol. The standard InChI is InChI=1S/C18H19F3N6OS/c1-28-14-4-2-12(3-5-14)15-13(10-22-23-15)11-26-6-8-27(9-7-26)17-25-24-16(29-17)18(19,20)21/h2-5,10H,6-9,11H2,1H3,(H,22,23). The second-order valence-electron chi connectivity index (χ2n) is 6.65. The summed E-state index contributed by atoms with van der Waals surface area (Å²) in [6.07, 6.45) is -2.64. The van der Waals surface area contributed by atoms with Crippen molar-refractivity contribution in [3.05, 3.63) is 41.0 Å². The molecule has 0 saturated carbocycles. The normalized spacial score (nSPS) is 15.7. The molecule has 11 heteroatoms. The molecule has 0 spiro atoms. The number of hydrogen-bond donors (Lipinski definition) is 1. The zero-order chi connectivity index (χ0) is 20.4. The van der Waals surface area contributed by atoms with Crippen LogP contribution in [-0.2, 0) is 12.7 Å². The molecule has 0 unspecified atom stereocenters. The Kier molecular flexibility index (Phi) is 5.41. The Labute approximate surface area is 169 Å². The molecule has 1 aliphatic heterocycles. The van der Waals surface area contributed by atoms with Crippen molar-refractivity contribution in [3.63, 3.8) is 0 Å². The van der Waals surface area contributed by atoms with E-state index in [0.29, 0.717) is 49.2 Å². The Hall–Kier alpha value is -2.66. The fourth-order valence-electron chi connectivity index (χ4n) is 3.23. The van der Waals surface area contributed by atoms with Gasteiger partial charge in [0.2, 0.25) is 10.1 Å². The summed E-state index contributed by atoms with van der Waals surface area (Å²) >= 11 is 0.591. The highest BCUT2D eigenvalue weighted by Gasteiger charge is 2.36. The van der Waals surface area contributed by atoms with Crippen LogP contribution >= 0.6 is 11.3 Å². The minimum Gasteiger partial charge on any atom is -0.497 e. The lowest BCUT2D eigenvalue weighted by Gasteiger charge is -2.34. The van der Waals surface area contributed by atoms with Gasteiger partial charge in [-0.05, 0) is 24.3 Å². The number of nitrogens with one attached hydrogen (secondary N) is 1. The van der Waals surface area contributed by atoms with Crippen LogP contribution < -0.4 is 9.64 Å². The molecule has 3 heterocycles. The molecule has 0 aliphatic carbocycles. The third-order valence-electron chi connectivity index (χ3n) is 4.79. The molecule has 4 rings (SSSR count). The number of aromatic nitrogens is 4. The van der Waals surface area contributed by atoms with Gasteiger partial charge in [-0.3, -0.25) is 10.00 Å². The summed E-state index contributed by atoms with van der Waals surface area (Å²) in [7, 11) is 1.63. The van der Waals surface area contributed by atoms with Crippen molar-refractivity contribution in [2.45, 2.75) is 12.7 Å². The summed E-state index contributed by atoms with van der Waals surface area (Å²) < 4.78 is 43.4. The van der Waals surface area contributed by atoms with E-state index < -0.39 is 11.2 Å². The Bertz CT molecular complexity index is 947. The maximum atomic E-state index is 12.7. The SMILES string of the molecule is COc1ccc(-c2[nH]ncc2CN2CCN(c3nnc(C(F)(F)F)s3)CC2)cc1. The Balaban J connectivity index is 1.38. The van der Waals surface area contributed by atoms with E-state index in [1.54, 1.807) is 7.11 Å². The average Bonchev–Trinajstić information content (AvgIpc) is 3.38. The first kappa shape index (κ1) is 19.6. The predicted molar refractivity (Wildman–Crippen MR) is 103 cm³/mol.